The average molecular weight is 654 g/mol. The Bertz CT molecular complexity index is 1160. The number of hydrogen-bond donors (Lipinski definition) is 5. The van der Waals surface area contributed by atoms with Gasteiger partial charge in [0.1, 0.15) is 0 Å². The summed E-state index contributed by atoms with van der Waals surface area (Å²) in [5, 5.41) is 20.5. The van der Waals surface area contributed by atoms with Crippen LogP contribution in [0.2, 0.25) is 0 Å². The lowest BCUT2D eigenvalue weighted by Gasteiger charge is -1.93. The minimum Gasteiger partial charge on any atom is -0.760 e. The van der Waals surface area contributed by atoms with Crippen LogP contribution in [0.25, 0.3) is 0 Å². The number of benzene rings is 4. The van der Waals surface area contributed by atoms with Crippen LogP contribution in [0, 0.1) is 20.8 Å². The molecule has 0 aromatic heterocycles. The molecule has 0 bridgehead atoms. The molecule has 3 unspecified atom stereocenters. The second kappa shape index (κ2) is 29.8. The standard InChI is InChI=1S/C7H7NO2.3C7H8.3H3NO2S/c8-6-3-1-5(2-4-6)7(9)10;3*1-7-5-3-2-4-6-7;3*1-4(2)3/h1-4H,8H2,(H,9,10);3*2-6H,1H3;3*1H2,(H,2,3)/p-3. The monoisotopic (exact) mass is 653 g/mol. The van der Waals surface area contributed by atoms with Gasteiger partial charge < -0.3 is 24.5 Å². The van der Waals surface area contributed by atoms with Crippen molar-refractivity contribution in [2.75, 3.05) is 5.73 Å². The van der Waals surface area contributed by atoms with Crippen LogP contribution in [-0.4, -0.2) is 37.4 Å². The first-order valence-electron chi connectivity index (χ1n) is 11.7. The third-order valence-electron chi connectivity index (χ3n) is 3.98. The van der Waals surface area contributed by atoms with Gasteiger partial charge in [0.15, 0.2) is 0 Å². The second-order valence-corrected chi connectivity index (χ2v) is 9.24. The SMILES string of the molecule is Cc1ccccc1.Cc1ccccc1.Cc1ccccc1.NS(=O)[O-].NS(=O)[O-].NS(=O)[O-].Nc1ccc(C(=O)O)cc1. The van der Waals surface area contributed by atoms with E-state index in [9.17, 15) is 4.79 Å². The van der Waals surface area contributed by atoms with Crippen molar-refractivity contribution in [2.45, 2.75) is 20.8 Å². The number of aryl methyl sites for hydroxylation is 3. The van der Waals surface area contributed by atoms with Gasteiger partial charge in [-0.3, -0.25) is 28.0 Å². The second-order valence-electron chi connectivity index (χ2n) is 7.67. The van der Waals surface area contributed by atoms with Gasteiger partial charge in [-0.2, -0.15) is 0 Å². The third-order valence-corrected chi connectivity index (χ3v) is 3.98. The number of hydrogen-bond acceptors (Lipinski definition) is 8. The Balaban J connectivity index is -0.000000447. The van der Waals surface area contributed by atoms with E-state index >= 15 is 0 Å². The van der Waals surface area contributed by atoms with Gasteiger partial charge in [0.2, 0.25) is 0 Å². The van der Waals surface area contributed by atoms with Gasteiger partial charge in [0.25, 0.3) is 0 Å². The molecular formula is C28H37N4O8S3-3. The first kappa shape index (κ1) is 43.8. The van der Waals surface area contributed by atoms with E-state index in [1.54, 1.807) is 12.1 Å². The van der Waals surface area contributed by atoms with Crippen molar-refractivity contribution in [3.05, 3.63) is 138 Å². The van der Waals surface area contributed by atoms with Crippen molar-refractivity contribution in [1.82, 2.24) is 0 Å². The smallest absolute Gasteiger partial charge is 0.335 e. The van der Waals surface area contributed by atoms with Crippen molar-refractivity contribution in [3.63, 3.8) is 0 Å². The number of nitrogens with two attached hydrogens (primary N) is 4. The van der Waals surface area contributed by atoms with E-state index in [4.69, 9.17) is 37.1 Å². The molecule has 4 aromatic rings. The Morgan fingerprint density at radius 3 is 0.884 bits per heavy atom. The average Bonchev–Trinajstić information content (AvgIpc) is 2.91. The summed E-state index contributed by atoms with van der Waals surface area (Å²) in [6.45, 7) is 6.25. The lowest BCUT2D eigenvalue weighted by Crippen LogP contribution is -1.97. The Kier molecular flexibility index (Phi) is 30.4. The molecule has 238 valence electrons. The highest BCUT2D eigenvalue weighted by Gasteiger charge is 1.98. The number of rotatable bonds is 1. The molecule has 43 heavy (non-hydrogen) atoms. The molecule has 0 amide bonds. The van der Waals surface area contributed by atoms with Crippen molar-refractivity contribution >= 4 is 45.5 Å². The zero-order valence-corrected chi connectivity index (χ0v) is 26.3. The summed E-state index contributed by atoms with van der Waals surface area (Å²) in [5.41, 5.74) is 10.1. The molecule has 0 fully saturated rings. The van der Waals surface area contributed by atoms with Crippen molar-refractivity contribution in [1.29, 1.82) is 0 Å². The predicted octanol–water partition coefficient (Wildman–Crippen LogP) is 3.17. The molecule has 0 aliphatic carbocycles. The van der Waals surface area contributed by atoms with Crippen LogP contribution in [-0.2, 0) is 33.8 Å². The molecule has 0 radical (unpaired) electrons. The third kappa shape index (κ3) is 43.0. The summed E-state index contributed by atoms with van der Waals surface area (Å²) >= 11 is -7.08. The minimum atomic E-state index is -2.36. The van der Waals surface area contributed by atoms with Crippen LogP contribution < -0.4 is 21.2 Å². The van der Waals surface area contributed by atoms with Crippen LogP contribution in [0.15, 0.2) is 115 Å². The molecule has 4 rings (SSSR count). The zero-order valence-electron chi connectivity index (χ0n) is 23.8. The van der Waals surface area contributed by atoms with E-state index in [2.05, 4.69) is 72.6 Å². The first-order valence-corrected chi connectivity index (χ1v) is 15.1. The summed E-state index contributed by atoms with van der Waals surface area (Å²) in [4.78, 5) is 10.3. The van der Waals surface area contributed by atoms with Crippen molar-refractivity contribution in [3.8, 4) is 0 Å². The number of aromatic carboxylic acids is 1. The number of anilines is 1. The predicted molar refractivity (Wildman–Crippen MR) is 171 cm³/mol. The molecule has 9 N–H and O–H groups in total. The van der Waals surface area contributed by atoms with Gasteiger partial charge in [0.05, 0.1) is 5.56 Å². The van der Waals surface area contributed by atoms with E-state index in [0.29, 0.717) is 5.69 Å². The summed E-state index contributed by atoms with van der Waals surface area (Å²) < 4.78 is 52.7. The van der Waals surface area contributed by atoms with Crippen LogP contribution in [0.3, 0.4) is 0 Å². The molecule has 4 aromatic carbocycles. The maximum atomic E-state index is 10.3. The normalized spacial score (nSPS) is 10.7. The fourth-order valence-corrected chi connectivity index (χ4v) is 2.23. The van der Waals surface area contributed by atoms with Crippen molar-refractivity contribution < 1.29 is 36.2 Å². The fourth-order valence-electron chi connectivity index (χ4n) is 2.23. The molecule has 0 heterocycles. The van der Waals surface area contributed by atoms with Crippen molar-refractivity contribution in [2.24, 2.45) is 15.4 Å². The van der Waals surface area contributed by atoms with Crippen LogP contribution >= 0.6 is 0 Å². The van der Waals surface area contributed by atoms with E-state index in [1.807, 2.05) is 54.6 Å². The molecule has 0 aliphatic heterocycles. The van der Waals surface area contributed by atoms with Crippen LogP contribution in [0.1, 0.15) is 27.0 Å². The summed E-state index contributed by atoms with van der Waals surface area (Å²) in [6, 6.07) is 36.8. The topological polar surface area (TPSA) is 262 Å². The molecule has 3 atom stereocenters. The number of carboxylic acids is 1. The van der Waals surface area contributed by atoms with Crippen LogP contribution in [0.5, 0.6) is 0 Å². The van der Waals surface area contributed by atoms with Gasteiger partial charge >= 0.3 is 5.97 Å². The Labute approximate surface area is 260 Å². The van der Waals surface area contributed by atoms with Crippen LogP contribution in [0.4, 0.5) is 5.69 Å². The summed E-state index contributed by atoms with van der Waals surface area (Å²) in [7, 11) is 0. The van der Waals surface area contributed by atoms with Gasteiger partial charge in [-0.1, -0.05) is 108 Å². The lowest BCUT2D eigenvalue weighted by molar-refractivity contribution is 0.0697. The highest BCUT2D eigenvalue weighted by Crippen LogP contribution is 2.04. The molecule has 0 saturated carbocycles. The molecule has 0 aliphatic rings. The van der Waals surface area contributed by atoms with Gasteiger partial charge in [-0.25, -0.2) is 4.79 Å². The van der Waals surface area contributed by atoms with E-state index < -0.39 is 39.8 Å². The quantitative estimate of drug-likeness (QED) is 0.149. The molecule has 15 heteroatoms. The summed E-state index contributed by atoms with van der Waals surface area (Å²) in [5.74, 6) is -0.931. The highest BCUT2D eigenvalue weighted by atomic mass is 32.2. The molecule has 0 spiro atoms. The van der Waals surface area contributed by atoms with E-state index in [-0.39, 0.29) is 5.56 Å². The number of nitrogen functional groups attached to an aromatic ring is 1. The van der Waals surface area contributed by atoms with Gasteiger partial charge in [-0.15, -0.1) is 0 Å². The largest absolute Gasteiger partial charge is 0.760 e. The van der Waals surface area contributed by atoms with E-state index in [1.165, 1.54) is 28.8 Å². The molecule has 12 nitrogen and oxygen atoms in total. The number of carboxylic acid groups (broad SMARTS) is 1. The van der Waals surface area contributed by atoms with E-state index in [0.717, 1.165) is 0 Å². The Morgan fingerprint density at radius 1 is 0.535 bits per heavy atom. The highest BCUT2D eigenvalue weighted by molar-refractivity contribution is 7.77. The number of carbonyl (C=O) groups is 1. The molecule has 0 saturated heterocycles. The van der Waals surface area contributed by atoms with Gasteiger partial charge in [0, 0.05) is 39.5 Å². The summed E-state index contributed by atoms with van der Waals surface area (Å²) in [6.07, 6.45) is 0. The Morgan fingerprint density at radius 2 is 0.744 bits per heavy atom. The minimum absolute atomic E-state index is 0.259. The Hall–Kier alpha value is -3.64. The first-order chi connectivity index (χ1) is 20.1. The fraction of sp³-hybridized carbons (Fsp3) is 0.107. The maximum Gasteiger partial charge on any atom is 0.335 e. The molecular weight excluding hydrogens is 617 g/mol. The lowest BCUT2D eigenvalue weighted by atomic mass is 10.2. The van der Waals surface area contributed by atoms with Gasteiger partial charge in [-0.05, 0) is 45.0 Å². The maximum absolute atomic E-state index is 10.3. The zero-order chi connectivity index (χ0) is 33.6.